The molecule has 2 heterocycles. The van der Waals surface area contributed by atoms with Crippen molar-refractivity contribution in [3.63, 3.8) is 0 Å². The molecule has 1 N–H and O–H groups in total. The molecule has 0 saturated carbocycles. The van der Waals surface area contributed by atoms with Crippen molar-refractivity contribution in [1.82, 2.24) is 20.0 Å². The Labute approximate surface area is 103 Å². The van der Waals surface area contributed by atoms with E-state index < -0.39 is 0 Å². The molecule has 0 amide bonds. The van der Waals surface area contributed by atoms with Crippen LogP contribution in [0.1, 0.15) is 25.6 Å². The average Bonchev–Trinajstić information content (AvgIpc) is 2.48. The largest absolute Gasteiger partial charge is 0.314 e. The van der Waals surface area contributed by atoms with E-state index >= 15 is 0 Å². The molecule has 1 fully saturated rings. The van der Waals surface area contributed by atoms with Crippen LogP contribution in [0.4, 0.5) is 0 Å². The summed E-state index contributed by atoms with van der Waals surface area (Å²) in [6.07, 6.45) is 1.89. The Balaban J connectivity index is 0.00000128. The monoisotopic (exact) mass is 244 g/mol. The summed E-state index contributed by atoms with van der Waals surface area (Å²) in [6.45, 7) is 7.56. The molecular formula is C11H21ClN4. The van der Waals surface area contributed by atoms with E-state index in [1.54, 1.807) is 0 Å². The number of hydrogen-bond donors (Lipinski definition) is 1. The summed E-state index contributed by atoms with van der Waals surface area (Å²) in [5.41, 5.74) is 1.31. The van der Waals surface area contributed by atoms with Crippen LogP contribution >= 0.6 is 12.4 Å². The molecule has 1 aliphatic rings. The highest BCUT2D eigenvalue weighted by atomic mass is 35.5. The minimum absolute atomic E-state index is 0. The first-order valence-electron chi connectivity index (χ1n) is 5.62. The lowest BCUT2D eigenvalue weighted by molar-refractivity contribution is 0.168. The van der Waals surface area contributed by atoms with Gasteiger partial charge in [0.25, 0.3) is 0 Å². The molecule has 16 heavy (non-hydrogen) atoms. The highest BCUT2D eigenvalue weighted by Crippen LogP contribution is 2.12. The minimum atomic E-state index is 0. The van der Waals surface area contributed by atoms with Gasteiger partial charge in [0.05, 0.1) is 5.69 Å². The van der Waals surface area contributed by atoms with Crippen molar-refractivity contribution in [2.45, 2.75) is 32.5 Å². The Kier molecular flexibility index (Phi) is 4.77. The number of hydrogen-bond acceptors (Lipinski definition) is 3. The van der Waals surface area contributed by atoms with Gasteiger partial charge in [-0.05, 0) is 27.0 Å². The predicted molar refractivity (Wildman–Crippen MR) is 68.0 cm³/mol. The Morgan fingerprint density at radius 2 is 2.25 bits per heavy atom. The van der Waals surface area contributed by atoms with Crippen LogP contribution in [-0.4, -0.2) is 40.9 Å². The molecule has 0 spiro atoms. The van der Waals surface area contributed by atoms with E-state index in [2.05, 4.69) is 47.0 Å². The number of rotatable bonds is 4. The van der Waals surface area contributed by atoms with Crippen molar-refractivity contribution in [3.05, 3.63) is 18.0 Å². The third-order valence-corrected chi connectivity index (χ3v) is 3.04. The number of nitrogens with one attached hydrogen (secondary N) is 1. The maximum Gasteiger partial charge on any atom is 0.0527 e. The normalized spacial score (nSPS) is 16.3. The molecular weight excluding hydrogens is 224 g/mol. The van der Waals surface area contributed by atoms with Gasteiger partial charge in [0.15, 0.2) is 0 Å². The first kappa shape index (κ1) is 13.5. The molecule has 4 nitrogen and oxygen atoms in total. The highest BCUT2D eigenvalue weighted by Gasteiger charge is 2.22. The van der Waals surface area contributed by atoms with Crippen molar-refractivity contribution >= 4 is 12.4 Å². The van der Waals surface area contributed by atoms with E-state index in [1.165, 1.54) is 5.69 Å². The van der Waals surface area contributed by atoms with Crippen LogP contribution in [0.25, 0.3) is 0 Å². The van der Waals surface area contributed by atoms with Crippen molar-refractivity contribution in [3.8, 4) is 0 Å². The minimum Gasteiger partial charge on any atom is -0.314 e. The second kappa shape index (κ2) is 5.66. The van der Waals surface area contributed by atoms with E-state index in [1.807, 2.05) is 6.20 Å². The zero-order chi connectivity index (χ0) is 10.8. The third-order valence-electron chi connectivity index (χ3n) is 3.04. The van der Waals surface area contributed by atoms with E-state index in [0.29, 0.717) is 12.1 Å². The molecule has 1 aliphatic heterocycles. The summed E-state index contributed by atoms with van der Waals surface area (Å²) in [6, 6.07) is 3.26. The van der Waals surface area contributed by atoms with Gasteiger partial charge < -0.3 is 5.32 Å². The van der Waals surface area contributed by atoms with Gasteiger partial charge in [-0.3, -0.25) is 9.58 Å². The molecule has 0 unspecified atom stereocenters. The number of aromatic nitrogens is 2. The molecule has 2 rings (SSSR count). The number of likely N-dealkylation sites (N-methyl/N-ethyl adjacent to an activating group) is 1. The van der Waals surface area contributed by atoms with Crippen molar-refractivity contribution in [2.24, 2.45) is 0 Å². The predicted octanol–water partition coefficient (Wildman–Crippen LogP) is 1.29. The van der Waals surface area contributed by atoms with Gasteiger partial charge in [0.1, 0.15) is 0 Å². The van der Waals surface area contributed by atoms with Gasteiger partial charge in [-0.2, -0.15) is 5.10 Å². The zero-order valence-electron chi connectivity index (χ0n) is 10.2. The lowest BCUT2D eigenvalue weighted by Gasteiger charge is -2.35. The molecule has 1 aromatic heterocycles. The molecule has 0 atom stereocenters. The second-order valence-corrected chi connectivity index (χ2v) is 4.59. The standard InChI is InChI=1S/C11H20N4.ClH/c1-9(2)15-10(4-5-13-15)8-14(3)11-6-12-7-11;/h4-5,9,11-12H,6-8H2,1-3H3;1H. The van der Waals surface area contributed by atoms with Crippen molar-refractivity contribution in [1.29, 1.82) is 0 Å². The fourth-order valence-electron chi connectivity index (χ4n) is 1.90. The summed E-state index contributed by atoms with van der Waals surface area (Å²) >= 11 is 0. The summed E-state index contributed by atoms with van der Waals surface area (Å²) in [7, 11) is 2.18. The lowest BCUT2D eigenvalue weighted by atomic mass is 10.1. The quantitative estimate of drug-likeness (QED) is 0.867. The lowest BCUT2D eigenvalue weighted by Crippen LogP contribution is -2.55. The Morgan fingerprint density at radius 3 is 2.75 bits per heavy atom. The Morgan fingerprint density at radius 1 is 1.56 bits per heavy atom. The fraction of sp³-hybridized carbons (Fsp3) is 0.727. The van der Waals surface area contributed by atoms with Crippen LogP contribution in [0.2, 0.25) is 0 Å². The van der Waals surface area contributed by atoms with Crippen LogP contribution < -0.4 is 5.32 Å². The van der Waals surface area contributed by atoms with Gasteiger partial charge in [-0.15, -0.1) is 12.4 Å². The smallest absolute Gasteiger partial charge is 0.0527 e. The van der Waals surface area contributed by atoms with Gasteiger partial charge in [0.2, 0.25) is 0 Å². The molecule has 0 bridgehead atoms. The molecule has 1 aromatic rings. The highest BCUT2D eigenvalue weighted by molar-refractivity contribution is 5.85. The van der Waals surface area contributed by atoms with Crippen molar-refractivity contribution in [2.75, 3.05) is 20.1 Å². The maximum absolute atomic E-state index is 4.35. The average molecular weight is 245 g/mol. The first-order valence-corrected chi connectivity index (χ1v) is 5.62. The Hall–Kier alpha value is -0.580. The van der Waals surface area contributed by atoms with Gasteiger partial charge in [0, 0.05) is 37.9 Å². The van der Waals surface area contributed by atoms with Crippen molar-refractivity contribution < 1.29 is 0 Å². The van der Waals surface area contributed by atoms with E-state index in [9.17, 15) is 0 Å². The first-order chi connectivity index (χ1) is 7.18. The molecule has 0 aromatic carbocycles. The molecule has 0 radical (unpaired) electrons. The van der Waals surface area contributed by atoms with E-state index in [-0.39, 0.29) is 12.4 Å². The van der Waals surface area contributed by atoms with Gasteiger partial charge >= 0.3 is 0 Å². The van der Waals surface area contributed by atoms with Crippen LogP contribution in [0, 0.1) is 0 Å². The van der Waals surface area contributed by atoms with Crippen LogP contribution in [-0.2, 0) is 6.54 Å². The van der Waals surface area contributed by atoms with E-state index in [0.717, 1.165) is 19.6 Å². The molecule has 92 valence electrons. The topological polar surface area (TPSA) is 33.1 Å². The number of nitrogens with zero attached hydrogens (tertiary/aromatic N) is 3. The van der Waals surface area contributed by atoms with Gasteiger partial charge in [-0.25, -0.2) is 0 Å². The summed E-state index contributed by atoms with van der Waals surface area (Å²) in [4.78, 5) is 2.40. The zero-order valence-corrected chi connectivity index (χ0v) is 11.0. The summed E-state index contributed by atoms with van der Waals surface area (Å²) < 4.78 is 2.10. The summed E-state index contributed by atoms with van der Waals surface area (Å²) in [5, 5.41) is 7.64. The van der Waals surface area contributed by atoms with Crippen LogP contribution in [0.15, 0.2) is 12.3 Å². The fourth-order valence-corrected chi connectivity index (χ4v) is 1.90. The van der Waals surface area contributed by atoms with Crippen LogP contribution in [0.3, 0.4) is 0 Å². The maximum atomic E-state index is 4.35. The third kappa shape index (κ3) is 2.75. The SMILES string of the molecule is CC(C)n1nccc1CN(C)C1CNC1.Cl. The van der Waals surface area contributed by atoms with Gasteiger partial charge in [-0.1, -0.05) is 0 Å². The number of halogens is 1. The Bertz CT molecular complexity index is 320. The molecule has 5 heteroatoms. The molecule has 1 saturated heterocycles. The second-order valence-electron chi connectivity index (χ2n) is 4.59. The van der Waals surface area contributed by atoms with E-state index in [4.69, 9.17) is 0 Å². The molecule has 0 aliphatic carbocycles. The summed E-state index contributed by atoms with van der Waals surface area (Å²) in [5.74, 6) is 0. The van der Waals surface area contributed by atoms with Crippen LogP contribution in [0.5, 0.6) is 0 Å².